The van der Waals surface area contributed by atoms with Gasteiger partial charge in [0.15, 0.2) is 0 Å². The van der Waals surface area contributed by atoms with Crippen LogP contribution in [0.5, 0.6) is 0 Å². The van der Waals surface area contributed by atoms with Gasteiger partial charge in [-0.05, 0) is 103 Å². The molecule has 0 saturated heterocycles. The van der Waals surface area contributed by atoms with Gasteiger partial charge in [0.05, 0.1) is 27.9 Å². The molecule has 0 unspecified atom stereocenters. The van der Waals surface area contributed by atoms with Gasteiger partial charge in [-0.15, -0.1) is 0 Å². The standard InChI is InChI=1S/C85H52N4O/c86-53-68-76(55-29-9-1-10-30-55)80(59-37-17-5-18-38-59)84(81(60-39-19-6-20-40-60)77(68)56-31-11-2-12-32-56)63-49-70(88-75(50-63)89-71-47-27-25-45-64(71)66-52-74-67(51-72(66)89)65-46-26-28-48-73(65)90-74)85-82(61-41-21-7-22-42-61)78(57-33-13-3-14-34-57)69(54-87)79(58-35-15-4-16-36-58)83(85)62-43-23-8-24-44-62/h1-52H. The molecule has 0 aliphatic heterocycles. The largest absolute Gasteiger partial charge is 0.456 e. The van der Waals surface area contributed by atoms with E-state index < -0.39 is 0 Å². The van der Waals surface area contributed by atoms with Crippen molar-refractivity contribution >= 4 is 43.7 Å². The molecule has 90 heavy (non-hydrogen) atoms. The molecule has 3 aromatic heterocycles. The van der Waals surface area contributed by atoms with Crippen molar-refractivity contribution in [2.45, 2.75) is 0 Å². The number of fused-ring (bicyclic) bond motifs is 6. The summed E-state index contributed by atoms with van der Waals surface area (Å²) in [5.41, 5.74) is 22.0. The predicted molar refractivity (Wildman–Crippen MR) is 370 cm³/mol. The van der Waals surface area contributed by atoms with Gasteiger partial charge in [-0.3, -0.25) is 4.57 Å². The number of benzene rings is 13. The molecule has 0 radical (unpaired) electrons. The molecule has 16 rings (SSSR count). The van der Waals surface area contributed by atoms with Crippen molar-refractivity contribution in [1.82, 2.24) is 9.55 Å². The number of rotatable bonds is 11. The van der Waals surface area contributed by atoms with E-state index in [1.165, 1.54) is 0 Å². The van der Waals surface area contributed by atoms with Crippen molar-refractivity contribution in [3.05, 3.63) is 327 Å². The smallest absolute Gasteiger partial charge is 0.138 e. The molecule has 0 fully saturated rings. The highest BCUT2D eigenvalue weighted by molar-refractivity contribution is 6.18. The number of para-hydroxylation sites is 2. The maximum atomic E-state index is 12.1. The molecule has 0 aliphatic rings. The van der Waals surface area contributed by atoms with Crippen LogP contribution in [0.2, 0.25) is 0 Å². The van der Waals surface area contributed by atoms with E-state index in [-0.39, 0.29) is 0 Å². The Kier molecular flexibility index (Phi) is 13.2. The quantitative estimate of drug-likeness (QED) is 0.129. The molecular weight excluding hydrogens is 1090 g/mol. The molecule has 3 heterocycles. The Bertz CT molecular complexity index is 5040. The number of furan rings is 1. The first-order valence-corrected chi connectivity index (χ1v) is 30.2. The molecule has 0 N–H and O–H groups in total. The maximum absolute atomic E-state index is 12.1. The minimum Gasteiger partial charge on any atom is -0.456 e. The molecular formula is C85H52N4O. The van der Waals surface area contributed by atoms with Crippen LogP contribution in [0.25, 0.3) is 161 Å². The average molecular weight is 1150 g/mol. The third-order valence-electron chi connectivity index (χ3n) is 17.5. The summed E-state index contributed by atoms with van der Waals surface area (Å²) in [6, 6.07) is 115. The topological polar surface area (TPSA) is 78.5 Å². The molecule has 0 aliphatic carbocycles. The van der Waals surface area contributed by atoms with E-state index in [1.54, 1.807) is 0 Å². The first-order chi connectivity index (χ1) is 44.6. The van der Waals surface area contributed by atoms with Crippen molar-refractivity contribution in [2.24, 2.45) is 0 Å². The van der Waals surface area contributed by atoms with Gasteiger partial charge in [-0.25, -0.2) is 4.98 Å². The number of hydrogen-bond acceptors (Lipinski definition) is 4. The van der Waals surface area contributed by atoms with Crippen molar-refractivity contribution in [1.29, 1.82) is 10.5 Å². The molecule has 5 nitrogen and oxygen atoms in total. The fraction of sp³-hybridized carbons (Fsp3) is 0. The number of aromatic nitrogens is 2. The molecule has 0 amide bonds. The van der Waals surface area contributed by atoms with Crippen molar-refractivity contribution in [2.75, 3.05) is 0 Å². The van der Waals surface area contributed by atoms with E-state index in [2.05, 4.69) is 247 Å². The van der Waals surface area contributed by atoms with E-state index in [9.17, 15) is 10.5 Å². The molecule has 0 atom stereocenters. The van der Waals surface area contributed by atoms with E-state index >= 15 is 0 Å². The summed E-state index contributed by atoms with van der Waals surface area (Å²) >= 11 is 0. The van der Waals surface area contributed by atoms with Crippen LogP contribution in [0, 0.1) is 22.7 Å². The molecule has 0 spiro atoms. The van der Waals surface area contributed by atoms with Crippen LogP contribution >= 0.6 is 0 Å². The normalized spacial score (nSPS) is 11.3. The number of pyridine rings is 1. The number of nitriles is 2. The van der Waals surface area contributed by atoms with Crippen LogP contribution < -0.4 is 0 Å². The van der Waals surface area contributed by atoms with Crippen LogP contribution in [0.3, 0.4) is 0 Å². The third-order valence-corrected chi connectivity index (χ3v) is 17.5. The predicted octanol–water partition coefficient (Wildman–Crippen LogP) is 22.5. The second-order valence-electron chi connectivity index (χ2n) is 22.6. The highest BCUT2D eigenvalue weighted by Crippen LogP contribution is 2.56. The van der Waals surface area contributed by atoms with Crippen LogP contribution in [0.4, 0.5) is 0 Å². The summed E-state index contributed by atoms with van der Waals surface area (Å²) in [6.45, 7) is 0. The van der Waals surface area contributed by atoms with Crippen molar-refractivity contribution < 1.29 is 4.42 Å². The third kappa shape index (κ3) is 8.88. The summed E-state index contributed by atoms with van der Waals surface area (Å²) in [4.78, 5) is 6.20. The second-order valence-corrected chi connectivity index (χ2v) is 22.6. The van der Waals surface area contributed by atoms with Gasteiger partial charge in [0.1, 0.15) is 29.1 Å². The van der Waals surface area contributed by atoms with Gasteiger partial charge >= 0.3 is 0 Å². The molecule has 418 valence electrons. The SMILES string of the molecule is N#Cc1c(-c2ccccc2)c(-c2ccccc2)c(-c2cc(-c3c(-c4ccccc4)c(-c4ccccc4)c(C#N)c(-c4ccccc4)c3-c3ccccc3)nc(-n3c4ccccc4c4cc5oc6ccccc6c5cc43)c2)c(-c2ccccc2)c1-c1ccccc1. The van der Waals surface area contributed by atoms with E-state index in [1.807, 2.05) is 84.9 Å². The fourth-order valence-corrected chi connectivity index (χ4v) is 13.8. The van der Waals surface area contributed by atoms with Gasteiger partial charge < -0.3 is 4.42 Å². The van der Waals surface area contributed by atoms with Crippen LogP contribution in [-0.2, 0) is 0 Å². The van der Waals surface area contributed by atoms with Gasteiger partial charge in [-0.1, -0.05) is 279 Å². The second kappa shape index (κ2) is 22.5. The summed E-state index contributed by atoms with van der Waals surface area (Å²) < 4.78 is 8.98. The summed E-state index contributed by atoms with van der Waals surface area (Å²) in [7, 11) is 0. The lowest BCUT2D eigenvalue weighted by molar-refractivity contribution is 0.669. The first-order valence-electron chi connectivity index (χ1n) is 30.2. The van der Waals surface area contributed by atoms with Crippen LogP contribution in [0.15, 0.2) is 320 Å². The number of nitrogens with zero attached hydrogens (tertiary/aromatic N) is 4. The lowest BCUT2D eigenvalue weighted by atomic mass is 9.75. The van der Waals surface area contributed by atoms with Crippen molar-refractivity contribution in [3.63, 3.8) is 0 Å². The Hall–Kier alpha value is -12.4. The zero-order chi connectivity index (χ0) is 60.1. The van der Waals surface area contributed by atoms with Gasteiger partial charge in [0, 0.05) is 60.5 Å². The van der Waals surface area contributed by atoms with E-state index in [4.69, 9.17) is 9.40 Å². The Morgan fingerprint density at radius 3 is 0.989 bits per heavy atom. The molecule has 16 aromatic rings. The Labute approximate surface area is 521 Å². The Balaban J connectivity index is 1.19. The summed E-state index contributed by atoms with van der Waals surface area (Å²) in [5.74, 6) is 0.663. The minimum atomic E-state index is 0.550. The first kappa shape index (κ1) is 53.1. The average Bonchev–Trinajstić information content (AvgIpc) is 1.04. The fourth-order valence-electron chi connectivity index (χ4n) is 13.8. The molecule has 0 saturated carbocycles. The Morgan fingerprint density at radius 2 is 0.589 bits per heavy atom. The van der Waals surface area contributed by atoms with Crippen LogP contribution in [0.1, 0.15) is 11.1 Å². The van der Waals surface area contributed by atoms with Gasteiger partial charge in [0.2, 0.25) is 0 Å². The zero-order valence-electron chi connectivity index (χ0n) is 48.7. The minimum absolute atomic E-state index is 0.550. The monoisotopic (exact) mass is 1140 g/mol. The van der Waals surface area contributed by atoms with Crippen LogP contribution in [-0.4, -0.2) is 9.55 Å². The van der Waals surface area contributed by atoms with E-state index in [0.29, 0.717) is 22.6 Å². The molecule has 0 bridgehead atoms. The van der Waals surface area contributed by atoms with Gasteiger partial charge in [-0.2, -0.15) is 10.5 Å². The lowest BCUT2D eigenvalue weighted by Gasteiger charge is -2.28. The summed E-state index contributed by atoms with van der Waals surface area (Å²) in [5, 5.41) is 28.2. The highest BCUT2D eigenvalue weighted by atomic mass is 16.3. The molecule has 5 heteroatoms. The maximum Gasteiger partial charge on any atom is 0.138 e. The Morgan fingerprint density at radius 1 is 0.256 bits per heavy atom. The zero-order valence-corrected chi connectivity index (χ0v) is 48.7. The summed E-state index contributed by atoms with van der Waals surface area (Å²) in [6.07, 6.45) is 0. The van der Waals surface area contributed by atoms with E-state index in [0.717, 1.165) is 149 Å². The van der Waals surface area contributed by atoms with Gasteiger partial charge in [0.25, 0.3) is 0 Å². The van der Waals surface area contributed by atoms with Crippen molar-refractivity contribution in [3.8, 4) is 129 Å². The highest BCUT2D eigenvalue weighted by Gasteiger charge is 2.33. The number of hydrogen-bond donors (Lipinski definition) is 0. The molecule has 13 aromatic carbocycles. The lowest BCUT2D eigenvalue weighted by Crippen LogP contribution is -2.06.